The number of nitro benzene ring substituents is 1. The van der Waals surface area contributed by atoms with E-state index in [9.17, 15) is 10.1 Å². The van der Waals surface area contributed by atoms with Gasteiger partial charge in [0.15, 0.2) is 0 Å². The van der Waals surface area contributed by atoms with Crippen LogP contribution in [-0.4, -0.2) is 46.6 Å². The van der Waals surface area contributed by atoms with Crippen molar-refractivity contribution in [3.05, 3.63) is 58.6 Å². The first-order valence-electron chi connectivity index (χ1n) is 13.3. The Kier molecular flexibility index (Phi) is 11.4. The van der Waals surface area contributed by atoms with E-state index < -0.39 is 4.92 Å². The van der Waals surface area contributed by atoms with Gasteiger partial charge < -0.3 is 21.3 Å². The molecule has 1 heterocycles. The Labute approximate surface area is 229 Å². The summed E-state index contributed by atoms with van der Waals surface area (Å²) in [5, 5.41) is 25.7. The number of hydrogen-bond acceptors (Lipinski definition) is 11. The van der Waals surface area contributed by atoms with Crippen molar-refractivity contribution in [1.82, 2.24) is 15.0 Å². The molecule has 12 heteroatoms. The average Bonchev–Trinajstić information content (AvgIpc) is 2.94. The smallest absolute Gasteiger partial charge is 0.269 e. The van der Waals surface area contributed by atoms with E-state index in [1.807, 2.05) is 31.3 Å². The quantitative estimate of drug-likeness (QED) is 0.0823. The molecule has 1 atom stereocenters. The Morgan fingerprint density at radius 2 is 1.56 bits per heavy atom. The van der Waals surface area contributed by atoms with E-state index in [1.54, 1.807) is 12.1 Å². The van der Waals surface area contributed by atoms with E-state index in [4.69, 9.17) is 5.73 Å². The first-order chi connectivity index (χ1) is 18.9. The normalized spacial score (nSPS) is 11.9. The van der Waals surface area contributed by atoms with Crippen molar-refractivity contribution in [2.75, 3.05) is 47.9 Å². The molecule has 208 valence electrons. The molecule has 0 aliphatic heterocycles. The van der Waals surface area contributed by atoms with Gasteiger partial charge in [-0.3, -0.25) is 10.1 Å². The van der Waals surface area contributed by atoms with Crippen LogP contribution in [0.2, 0.25) is 0 Å². The van der Waals surface area contributed by atoms with Gasteiger partial charge in [0.25, 0.3) is 5.69 Å². The fourth-order valence-corrected chi connectivity index (χ4v) is 3.91. The van der Waals surface area contributed by atoms with E-state index >= 15 is 0 Å². The van der Waals surface area contributed by atoms with Crippen molar-refractivity contribution < 1.29 is 4.92 Å². The number of nitrogens with zero attached hydrogens (tertiary/aromatic N) is 7. The van der Waals surface area contributed by atoms with Crippen LogP contribution in [0.4, 0.5) is 40.6 Å². The lowest BCUT2D eigenvalue weighted by Crippen LogP contribution is -2.21. The lowest BCUT2D eigenvalue weighted by Gasteiger charge is -2.19. The van der Waals surface area contributed by atoms with Gasteiger partial charge >= 0.3 is 0 Å². The van der Waals surface area contributed by atoms with Gasteiger partial charge in [-0.05, 0) is 55.2 Å². The Hall–Kier alpha value is -4.35. The molecule has 0 radical (unpaired) electrons. The fraction of sp³-hybridized carbons (Fsp3) is 0.444. The Morgan fingerprint density at radius 3 is 2.15 bits per heavy atom. The standard InChI is InChI=1S/C27H38N10O2/c1-4-6-8-20(5-2)19-30-27-32-25(28)31-26(33-27)29-17-7-18-36(3)23-13-9-21(10-14-23)34-35-22-11-15-24(16-12-22)37(38)39/h9-16,20H,4-8,17-19H2,1-3H3,(H4,28,29,30,31,32,33)/b35-34+. The summed E-state index contributed by atoms with van der Waals surface area (Å²) in [7, 11) is 2.03. The third-order valence-corrected chi connectivity index (χ3v) is 6.33. The van der Waals surface area contributed by atoms with Crippen molar-refractivity contribution in [2.24, 2.45) is 16.1 Å². The number of nitrogens with one attached hydrogen (secondary N) is 2. The van der Waals surface area contributed by atoms with Crippen LogP contribution in [0.1, 0.15) is 46.0 Å². The van der Waals surface area contributed by atoms with Crippen LogP contribution in [0, 0.1) is 16.0 Å². The summed E-state index contributed by atoms with van der Waals surface area (Å²) in [5.74, 6) is 1.75. The fourth-order valence-electron chi connectivity index (χ4n) is 3.91. The molecule has 1 unspecified atom stereocenters. The number of hydrogen-bond donors (Lipinski definition) is 3. The number of rotatable bonds is 16. The van der Waals surface area contributed by atoms with Gasteiger partial charge in [0, 0.05) is 44.5 Å². The molecule has 39 heavy (non-hydrogen) atoms. The molecular weight excluding hydrogens is 496 g/mol. The van der Waals surface area contributed by atoms with Gasteiger partial charge in [-0.2, -0.15) is 25.2 Å². The first-order valence-corrected chi connectivity index (χ1v) is 13.3. The minimum Gasteiger partial charge on any atom is -0.375 e. The number of non-ortho nitro benzene ring substituents is 1. The molecule has 0 aliphatic rings. The minimum absolute atomic E-state index is 0.0222. The number of nitro groups is 1. The highest BCUT2D eigenvalue weighted by Crippen LogP contribution is 2.23. The number of anilines is 4. The number of benzene rings is 2. The summed E-state index contributed by atoms with van der Waals surface area (Å²) >= 11 is 0. The highest BCUT2D eigenvalue weighted by Gasteiger charge is 2.09. The number of aromatic nitrogens is 3. The molecule has 0 saturated carbocycles. The Morgan fingerprint density at radius 1 is 0.949 bits per heavy atom. The summed E-state index contributed by atoms with van der Waals surface area (Å²) in [6, 6.07) is 13.7. The summed E-state index contributed by atoms with van der Waals surface area (Å²) in [6.45, 7) is 6.74. The van der Waals surface area contributed by atoms with E-state index in [-0.39, 0.29) is 11.6 Å². The molecule has 0 aliphatic carbocycles. The third kappa shape index (κ3) is 9.80. The van der Waals surface area contributed by atoms with Gasteiger partial charge in [0.05, 0.1) is 16.3 Å². The maximum absolute atomic E-state index is 10.8. The lowest BCUT2D eigenvalue weighted by molar-refractivity contribution is -0.384. The summed E-state index contributed by atoms with van der Waals surface area (Å²) in [6.07, 6.45) is 5.58. The van der Waals surface area contributed by atoms with Crippen molar-refractivity contribution in [3.63, 3.8) is 0 Å². The molecule has 0 spiro atoms. The molecule has 0 bridgehead atoms. The molecule has 0 fully saturated rings. The lowest BCUT2D eigenvalue weighted by atomic mass is 9.99. The van der Waals surface area contributed by atoms with Crippen LogP contribution in [0.3, 0.4) is 0 Å². The van der Waals surface area contributed by atoms with Gasteiger partial charge in [-0.1, -0.05) is 33.1 Å². The van der Waals surface area contributed by atoms with Crippen LogP contribution >= 0.6 is 0 Å². The van der Waals surface area contributed by atoms with E-state index in [1.165, 1.54) is 31.4 Å². The third-order valence-electron chi connectivity index (χ3n) is 6.33. The predicted octanol–water partition coefficient (Wildman–Crippen LogP) is 6.34. The van der Waals surface area contributed by atoms with Gasteiger partial charge in [-0.15, -0.1) is 0 Å². The minimum atomic E-state index is -0.444. The molecule has 3 aromatic rings. The molecule has 2 aromatic carbocycles. The van der Waals surface area contributed by atoms with Crippen LogP contribution in [0.5, 0.6) is 0 Å². The molecule has 0 amide bonds. The van der Waals surface area contributed by atoms with Crippen molar-refractivity contribution in [2.45, 2.75) is 46.0 Å². The number of nitrogen functional groups attached to an aromatic ring is 1. The second-order valence-corrected chi connectivity index (χ2v) is 9.33. The van der Waals surface area contributed by atoms with Gasteiger partial charge in [-0.25, -0.2) is 0 Å². The molecular formula is C27H38N10O2. The molecule has 0 saturated heterocycles. The average molecular weight is 535 g/mol. The molecule has 1 aromatic heterocycles. The zero-order valence-corrected chi connectivity index (χ0v) is 22.9. The van der Waals surface area contributed by atoms with E-state index in [0.29, 0.717) is 35.7 Å². The van der Waals surface area contributed by atoms with Crippen LogP contribution in [0.15, 0.2) is 58.8 Å². The van der Waals surface area contributed by atoms with Gasteiger partial charge in [0.1, 0.15) is 0 Å². The SMILES string of the molecule is CCCCC(CC)CNc1nc(N)nc(NCCCN(C)c2ccc(/N=N/c3ccc([N+](=O)[O-])cc3)cc2)n1. The highest BCUT2D eigenvalue weighted by atomic mass is 16.6. The number of azo groups is 1. The second kappa shape index (κ2) is 15.2. The predicted molar refractivity (Wildman–Crippen MR) is 156 cm³/mol. The molecule has 3 rings (SSSR count). The summed E-state index contributed by atoms with van der Waals surface area (Å²) in [4.78, 5) is 25.4. The first kappa shape index (κ1) is 29.2. The zero-order valence-electron chi connectivity index (χ0n) is 22.9. The highest BCUT2D eigenvalue weighted by molar-refractivity contribution is 5.52. The van der Waals surface area contributed by atoms with Gasteiger partial charge in [0.2, 0.25) is 17.8 Å². The van der Waals surface area contributed by atoms with Crippen molar-refractivity contribution in [1.29, 1.82) is 0 Å². The maximum atomic E-state index is 10.8. The molecule has 4 N–H and O–H groups in total. The largest absolute Gasteiger partial charge is 0.375 e. The van der Waals surface area contributed by atoms with E-state index in [0.717, 1.165) is 31.6 Å². The van der Waals surface area contributed by atoms with Crippen LogP contribution in [-0.2, 0) is 0 Å². The summed E-state index contributed by atoms with van der Waals surface area (Å²) in [5.41, 5.74) is 8.22. The van der Waals surface area contributed by atoms with E-state index in [2.05, 4.69) is 54.6 Å². The monoisotopic (exact) mass is 534 g/mol. The summed E-state index contributed by atoms with van der Waals surface area (Å²) < 4.78 is 0. The molecule has 12 nitrogen and oxygen atoms in total. The Balaban J connectivity index is 1.44. The number of unbranched alkanes of at least 4 members (excludes halogenated alkanes) is 1. The topological polar surface area (TPSA) is 160 Å². The second-order valence-electron chi connectivity index (χ2n) is 9.33. The van der Waals surface area contributed by atoms with Crippen molar-refractivity contribution in [3.8, 4) is 0 Å². The Bertz CT molecular complexity index is 1200. The maximum Gasteiger partial charge on any atom is 0.269 e. The van der Waals surface area contributed by atoms with Crippen LogP contribution in [0.25, 0.3) is 0 Å². The number of nitrogens with two attached hydrogens (primary N) is 1. The zero-order chi connectivity index (χ0) is 28.0. The van der Waals surface area contributed by atoms with Crippen LogP contribution < -0.4 is 21.3 Å². The van der Waals surface area contributed by atoms with Crippen molar-refractivity contribution >= 4 is 40.6 Å².